The topological polar surface area (TPSA) is 78.0 Å². The molecule has 0 aliphatic carbocycles. The number of aromatic nitrogens is 2. The Morgan fingerprint density at radius 1 is 1.57 bits per heavy atom. The van der Waals surface area contributed by atoms with Crippen molar-refractivity contribution < 1.29 is 4.79 Å². The van der Waals surface area contributed by atoms with Gasteiger partial charge in [0.15, 0.2) is 5.78 Å². The van der Waals surface area contributed by atoms with Gasteiger partial charge in [-0.3, -0.25) is 14.2 Å². The minimum Gasteiger partial charge on any atom is -0.383 e. The number of fused-ring (bicyclic) bond motifs is 1. The second-order valence-electron chi connectivity index (χ2n) is 3.40. The molecule has 14 heavy (non-hydrogen) atoms. The lowest BCUT2D eigenvalue weighted by atomic mass is 10.2. The summed E-state index contributed by atoms with van der Waals surface area (Å²) in [4.78, 5) is 27.0. The third-order valence-electron chi connectivity index (χ3n) is 2.41. The summed E-state index contributed by atoms with van der Waals surface area (Å²) in [5, 5.41) is 0. The number of rotatable bonds is 1. The Balaban J connectivity index is 2.75. The van der Waals surface area contributed by atoms with Crippen LogP contribution in [0.25, 0.3) is 0 Å². The first-order chi connectivity index (χ1) is 6.61. The van der Waals surface area contributed by atoms with Crippen molar-refractivity contribution >= 4 is 11.6 Å². The first-order valence-corrected chi connectivity index (χ1v) is 4.51. The van der Waals surface area contributed by atoms with Crippen LogP contribution in [0.4, 0.5) is 5.82 Å². The number of hydrogen-bond acceptors (Lipinski definition) is 4. The minimum absolute atomic E-state index is 0.0238. The molecule has 0 atom stereocenters. The average molecular weight is 193 g/mol. The molecule has 1 aromatic rings. The SMILES string of the molecule is CC(=O)c1c(N)nc2n(c1=O)CCC2. The van der Waals surface area contributed by atoms with E-state index in [1.807, 2.05) is 0 Å². The summed E-state index contributed by atoms with van der Waals surface area (Å²) in [7, 11) is 0. The van der Waals surface area contributed by atoms with E-state index in [0.29, 0.717) is 12.4 Å². The van der Waals surface area contributed by atoms with Gasteiger partial charge in [0.25, 0.3) is 5.56 Å². The molecule has 2 rings (SSSR count). The molecule has 0 saturated carbocycles. The molecule has 5 nitrogen and oxygen atoms in total. The molecule has 1 aromatic heterocycles. The predicted molar refractivity (Wildman–Crippen MR) is 51.2 cm³/mol. The standard InChI is InChI=1S/C9H11N3O2/c1-5(13)7-8(10)11-6-3-2-4-12(6)9(7)14/h2-4,10H2,1H3. The van der Waals surface area contributed by atoms with Crippen LogP contribution < -0.4 is 11.3 Å². The predicted octanol–water partition coefficient (Wildman–Crippen LogP) is -0.0257. The van der Waals surface area contributed by atoms with E-state index >= 15 is 0 Å². The summed E-state index contributed by atoms with van der Waals surface area (Å²) in [6.45, 7) is 1.97. The Labute approximate surface area is 80.6 Å². The van der Waals surface area contributed by atoms with Gasteiger partial charge in [-0.05, 0) is 13.3 Å². The maximum atomic E-state index is 11.7. The summed E-state index contributed by atoms with van der Waals surface area (Å²) in [6, 6.07) is 0. The number of aryl methyl sites for hydroxylation is 1. The van der Waals surface area contributed by atoms with Gasteiger partial charge in [0.2, 0.25) is 0 Å². The van der Waals surface area contributed by atoms with Crippen LogP contribution in [0.2, 0.25) is 0 Å². The Morgan fingerprint density at radius 2 is 2.29 bits per heavy atom. The van der Waals surface area contributed by atoms with E-state index in [9.17, 15) is 9.59 Å². The summed E-state index contributed by atoms with van der Waals surface area (Å²) in [5.74, 6) is 0.440. The fourth-order valence-electron chi connectivity index (χ4n) is 1.76. The number of ketones is 1. The second-order valence-corrected chi connectivity index (χ2v) is 3.40. The van der Waals surface area contributed by atoms with Crippen LogP contribution in [0.3, 0.4) is 0 Å². The van der Waals surface area contributed by atoms with Crippen molar-refractivity contribution in [2.75, 3.05) is 5.73 Å². The van der Waals surface area contributed by atoms with Crippen LogP contribution in [0.5, 0.6) is 0 Å². The minimum atomic E-state index is -0.317. The van der Waals surface area contributed by atoms with Crippen LogP contribution >= 0.6 is 0 Å². The maximum Gasteiger partial charge on any atom is 0.266 e. The van der Waals surface area contributed by atoms with E-state index in [2.05, 4.69) is 4.98 Å². The Hall–Kier alpha value is -1.65. The lowest BCUT2D eigenvalue weighted by Gasteiger charge is -2.06. The van der Waals surface area contributed by atoms with Gasteiger partial charge in [-0.2, -0.15) is 0 Å². The maximum absolute atomic E-state index is 11.7. The number of nitrogens with zero attached hydrogens (tertiary/aromatic N) is 2. The van der Waals surface area contributed by atoms with E-state index in [0.717, 1.165) is 12.8 Å². The van der Waals surface area contributed by atoms with Gasteiger partial charge < -0.3 is 5.73 Å². The molecule has 74 valence electrons. The molecule has 2 heterocycles. The summed E-state index contributed by atoms with van der Waals surface area (Å²) in [5.41, 5.74) is 5.28. The number of hydrogen-bond donors (Lipinski definition) is 1. The number of anilines is 1. The number of nitrogen functional groups attached to an aromatic ring is 1. The fourth-order valence-corrected chi connectivity index (χ4v) is 1.76. The lowest BCUT2D eigenvalue weighted by molar-refractivity contribution is 0.101. The summed E-state index contributed by atoms with van der Waals surface area (Å²) in [6.07, 6.45) is 1.65. The molecule has 2 N–H and O–H groups in total. The highest BCUT2D eigenvalue weighted by atomic mass is 16.1. The first-order valence-electron chi connectivity index (χ1n) is 4.51. The molecule has 1 aliphatic heterocycles. The highest BCUT2D eigenvalue weighted by Gasteiger charge is 2.20. The van der Waals surface area contributed by atoms with Gasteiger partial charge >= 0.3 is 0 Å². The Bertz CT molecular complexity index is 462. The number of carbonyl (C=O) groups is 1. The number of nitrogens with two attached hydrogens (primary N) is 1. The van der Waals surface area contributed by atoms with Crippen LogP contribution in [0.15, 0.2) is 4.79 Å². The van der Waals surface area contributed by atoms with Crippen LogP contribution in [0.1, 0.15) is 29.5 Å². The van der Waals surface area contributed by atoms with Crippen molar-refractivity contribution in [2.45, 2.75) is 26.3 Å². The highest BCUT2D eigenvalue weighted by molar-refractivity contribution is 5.97. The average Bonchev–Trinajstić information content (AvgIpc) is 2.50. The molecule has 0 saturated heterocycles. The molecular formula is C9H11N3O2. The normalized spacial score (nSPS) is 14.1. The van der Waals surface area contributed by atoms with Crippen LogP contribution in [-0.2, 0) is 13.0 Å². The zero-order valence-electron chi connectivity index (χ0n) is 7.91. The third-order valence-corrected chi connectivity index (χ3v) is 2.41. The third kappa shape index (κ3) is 1.13. The summed E-state index contributed by atoms with van der Waals surface area (Å²) >= 11 is 0. The van der Waals surface area contributed by atoms with E-state index in [1.165, 1.54) is 11.5 Å². The first kappa shape index (κ1) is 8.93. The molecule has 0 aromatic carbocycles. The van der Waals surface area contributed by atoms with Gasteiger partial charge in [0, 0.05) is 13.0 Å². The molecule has 0 unspecified atom stereocenters. The van der Waals surface area contributed by atoms with Crippen molar-refractivity contribution in [2.24, 2.45) is 0 Å². The zero-order valence-corrected chi connectivity index (χ0v) is 7.91. The molecule has 0 radical (unpaired) electrons. The molecule has 0 fully saturated rings. The largest absolute Gasteiger partial charge is 0.383 e. The molecule has 1 aliphatic rings. The molecule has 0 amide bonds. The summed E-state index contributed by atoms with van der Waals surface area (Å²) < 4.78 is 1.53. The van der Waals surface area contributed by atoms with E-state index in [4.69, 9.17) is 5.73 Å². The Kier molecular flexibility index (Phi) is 1.87. The Morgan fingerprint density at radius 3 is 2.93 bits per heavy atom. The van der Waals surface area contributed by atoms with Gasteiger partial charge in [0.05, 0.1) is 0 Å². The highest BCUT2D eigenvalue weighted by Crippen LogP contribution is 2.13. The van der Waals surface area contributed by atoms with Crippen molar-refractivity contribution in [3.8, 4) is 0 Å². The molecule has 5 heteroatoms. The lowest BCUT2D eigenvalue weighted by Crippen LogP contribution is -2.28. The van der Waals surface area contributed by atoms with E-state index < -0.39 is 0 Å². The fraction of sp³-hybridized carbons (Fsp3) is 0.444. The smallest absolute Gasteiger partial charge is 0.266 e. The van der Waals surface area contributed by atoms with Crippen molar-refractivity contribution in [1.82, 2.24) is 9.55 Å². The molecule has 0 bridgehead atoms. The zero-order chi connectivity index (χ0) is 10.3. The molecular weight excluding hydrogens is 182 g/mol. The molecule has 0 spiro atoms. The van der Waals surface area contributed by atoms with Gasteiger partial charge in [-0.1, -0.05) is 0 Å². The number of Topliss-reactive ketones (excluding diaryl/α,β-unsaturated/α-hetero) is 1. The van der Waals surface area contributed by atoms with E-state index in [-0.39, 0.29) is 22.7 Å². The second kappa shape index (κ2) is 2.94. The monoisotopic (exact) mass is 193 g/mol. The van der Waals surface area contributed by atoms with Gasteiger partial charge in [0.1, 0.15) is 17.2 Å². The quantitative estimate of drug-likeness (QED) is 0.635. The van der Waals surface area contributed by atoms with Crippen LogP contribution in [-0.4, -0.2) is 15.3 Å². The van der Waals surface area contributed by atoms with Crippen molar-refractivity contribution in [3.05, 3.63) is 21.7 Å². The van der Waals surface area contributed by atoms with Gasteiger partial charge in [-0.25, -0.2) is 4.98 Å². The van der Waals surface area contributed by atoms with Gasteiger partial charge in [-0.15, -0.1) is 0 Å². The van der Waals surface area contributed by atoms with E-state index in [1.54, 1.807) is 0 Å². The van der Waals surface area contributed by atoms with Crippen molar-refractivity contribution in [3.63, 3.8) is 0 Å². The van der Waals surface area contributed by atoms with Crippen LogP contribution in [0, 0.1) is 0 Å². The number of carbonyl (C=O) groups excluding carboxylic acids is 1. The van der Waals surface area contributed by atoms with Crippen molar-refractivity contribution in [1.29, 1.82) is 0 Å².